The van der Waals surface area contributed by atoms with Crippen molar-refractivity contribution in [2.24, 2.45) is 23.7 Å². The van der Waals surface area contributed by atoms with Crippen LogP contribution in [0.5, 0.6) is 0 Å². The van der Waals surface area contributed by atoms with E-state index < -0.39 is 0 Å². The van der Waals surface area contributed by atoms with Crippen LogP contribution >= 0.6 is 0 Å². The van der Waals surface area contributed by atoms with Crippen LogP contribution in [-0.2, 0) is 9.59 Å². The van der Waals surface area contributed by atoms with Crippen molar-refractivity contribution in [2.75, 3.05) is 4.90 Å². The van der Waals surface area contributed by atoms with E-state index in [0.717, 1.165) is 19.3 Å². The van der Waals surface area contributed by atoms with Gasteiger partial charge in [-0.05, 0) is 38.0 Å². The molecule has 4 atom stereocenters. The number of fused-ring (bicyclic) bond motifs is 5. The molecule has 2 heterocycles. The van der Waals surface area contributed by atoms with Crippen LogP contribution < -0.4 is 4.90 Å². The molecule has 4 rings (SSSR count). The summed E-state index contributed by atoms with van der Waals surface area (Å²) in [6.45, 7) is 1.76. The summed E-state index contributed by atoms with van der Waals surface area (Å²) in [5, 5.41) is 3.81. The highest BCUT2D eigenvalue weighted by molar-refractivity contribution is 6.22. The normalized spacial score (nSPS) is 37.7. The van der Waals surface area contributed by atoms with Crippen molar-refractivity contribution in [1.29, 1.82) is 0 Å². The Balaban J connectivity index is 1.75. The Morgan fingerprint density at radius 2 is 1.83 bits per heavy atom. The van der Waals surface area contributed by atoms with E-state index >= 15 is 0 Å². The van der Waals surface area contributed by atoms with Crippen LogP contribution in [0.15, 0.2) is 10.6 Å². The number of hydrogen-bond acceptors (Lipinski definition) is 4. The molecule has 0 N–H and O–H groups in total. The number of aryl methyl sites for hydroxylation is 1. The van der Waals surface area contributed by atoms with Gasteiger partial charge in [0.25, 0.3) is 0 Å². The van der Waals surface area contributed by atoms with Crippen LogP contribution in [0, 0.1) is 30.6 Å². The fourth-order valence-electron chi connectivity index (χ4n) is 4.09. The van der Waals surface area contributed by atoms with E-state index in [1.54, 1.807) is 13.0 Å². The van der Waals surface area contributed by atoms with Crippen LogP contribution in [0.25, 0.3) is 0 Å². The number of aromatic nitrogens is 1. The van der Waals surface area contributed by atoms with Gasteiger partial charge >= 0.3 is 0 Å². The second-order valence-electron chi connectivity index (χ2n) is 5.69. The molecule has 0 aromatic carbocycles. The summed E-state index contributed by atoms with van der Waals surface area (Å²) in [6, 6.07) is 1.65. The first-order valence-electron chi connectivity index (χ1n) is 6.48. The second kappa shape index (κ2) is 3.22. The summed E-state index contributed by atoms with van der Waals surface area (Å²) < 4.78 is 4.97. The predicted octanol–water partition coefficient (Wildman–Crippen LogP) is 1.52. The molecular formula is C13H14N2O3. The number of anilines is 1. The zero-order valence-electron chi connectivity index (χ0n) is 10.1. The maximum absolute atomic E-state index is 12.4. The molecule has 5 nitrogen and oxygen atoms in total. The molecule has 5 heteroatoms. The molecule has 0 spiro atoms. The van der Waals surface area contributed by atoms with Gasteiger partial charge in [-0.2, -0.15) is 0 Å². The Kier molecular flexibility index (Phi) is 1.84. The number of hydrogen-bond donors (Lipinski definition) is 0. The number of nitrogens with zero attached hydrogens (tertiary/aromatic N) is 2. The third-order valence-corrected chi connectivity index (χ3v) is 4.77. The van der Waals surface area contributed by atoms with E-state index in [1.165, 1.54) is 4.90 Å². The van der Waals surface area contributed by atoms with Gasteiger partial charge in [0, 0.05) is 6.07 Å². The van der Waals surface area contributed by atoms with E-state index in [0.29, 0.717) is 23.4 Å². The molecule has 2 saturated carbocycles. The summed E-state index contributed by atoms with van der Waals surface area (Å²) >= 11 is 0. The van der Waals surface area contributed by atoms with Crippen molar-refractivity contribution in [1.82, 2.24) is 5.16 Å². The fraction of sp³-hybridized carbons (Fsp3) is 0.615. The summed E-state index contributed by atoms with van der Waals surface area (Å²) in [5.74, 6) is 1.49. The highest BCUT2D eigenvalue weighted by Crippen LogP contribution is 2.56. The standard InChI is InChI=1S/C13H14N2O3/c1-6-4-9(14-18-6)15-12(16)10-7-2-3-8(5-7)11(10)13(15)17/h4,7-8,10-11H,2-3,5H2,1H3/t7-,8-,10-,11+/m0/s1. The van der Waals surface area contributed by atoms with E-state index in [1.807, 2.05) is 0 Å². The first-order valence-corrected chi connectivity index (χ1v) is 6.48. The van der Waals surface area contributed by atoms with Crippen molar-refractivity contribution in [2.45, 2.75) is 26.2 Å². The highest BCUT2D eigenvalue weighted by Gasteiger charge is 2.61. The lowest BCUT2D eigenvalue weighted by Crippen LogP contribution is -2.32. The third kappa shape index (κ3) is 1.09. The van der Waals surface area contributed by atoms with Gasteiger partial charge in [-0.3, -0.25) is 9.59 Å². The molecule has 1 saturated heterocycles. The lowest BCUT2D eigenvalue weighted by Gasteiger charge is -2.19. The zero-order chi connectivity index (χ0) is 12.4. The Labute approximate surface area is 104 Å². The highest BCUT2D eigenvalue weighted by atomic mass is 16.5. The van der Waals surface area contributed by atoms with Crippen molar-refractivity contribution in [3.63, 3.8) is 0 Å². The van der Waals surface area contributed by atoms with Crippen LogP contribution in [0.3, 0.4) is 0 Å². The Hall–Kier alpha value is -1.65. The lowest BCUT2D eigenvalue weighted by atomic mass is 9.81. The molecule has 3 aliphatic rings. The number of rotatable bonds is 1. The van der Waals surface area contributed by atoms with Gasteiger partial charge in [0.1, 0.15) is 5.76 Å². The van der Waals surface area contributed by atoms with Crippen LogP contribution in [-0.4, -0.2) is 17.0 Å². The van der Waals surface area contributed by atoms with Crippen LogP contribution in [0.2, 0.25) is 0 Å². The summed E-state index contributed by atoms with van der Waals surface area (Å²) in [5.41, 5.74) is 0. The number of imide groups is 1. The molecule has 94 valence electrons. The average molecular weight is 246 g/mol. The molecule has 0 unspecified atom stereocenters. The number of amides is 2. The minimum atomic E-state index is -0.0896. The zero-order valence-corrected chi connectivity index (χ0v) is 10.1. The molecule has 2 bridgehead atoms. The molecule has 18 heavy (non-hydrogen) atoms. The summed E-state index contributed by atoms with van der Waals surface area (Å²) in [4.78, 5) is 26.1. The van der Waals surface area contributed by atoms with Crippen molar-refractivity contribution >= 4 is 17.6 Å². The first-order chi connectivity index (χ1) is 8.66. The number of carbonyl (C=O) groups excluding carboxylic acids is 2. The SMILES string of the molecule is Cc1cc(N2C(=O)[C@@H]3[C@H]4CC[C@@H](C4)[C@@H]3C2=O)no1. The van der Waals surface area contributed by atoms with Gasteiger partial charge in [-0.15, -0.1) is 0 Å². The maximum Gasteiger partial charge on any atom is 0.239 e. The van der Waals surface area contributed by atoms with Gasteiger partial charge in [-0.1, -0.05) is 5.16 Å². The molecule has 1 aromatic rings. The molecule has 2 amide bonds. The quantitative estimate of drug-likeness (QED) is 0.705. The largest absolute Gasteiger partial charge is 0.360 e. The summed E-state index contributed by atoms with van der Waals surface area (Å²) in [7, 11) is 0. The number of carbonyl (C=O) groups is 2. The Morgan fingerprint density at radius 1 is 1.22 bits per heavy atom. The third-order valence-electron chi connectivity index (χ3n) is 4.77. The van der Waals surface area contributed by atoms with Crippen LogP contribution in [0.4, 0.5) is 5.82 Å². The van der Waals surface area contributed by atoms with Gasteiger partial charge in [-0.25, -0.2) is 4.90 Å². The van der Waals surface area contributed by atoms with E-state index in [4.69, 9.17) is 4.52 Å². The molecule has 0 radical (unpaired) electrons. The van der Waals surface area contributed by atoms with E-state index in [9.17, 15) is 9.59 Å². The van der Waals surface area contributed by atoms with Crippen LogP contribution in [0.1, 0.15) is 25.0 Å². The van der Waals surface area contributed by atoms with Gasteiger partial charge in [0.2, 0.25) is 11.8 Å². The predicted molar refractivity (Wildman–Crippen MR) is 61.5 cm³/mol. The fourth-order valence-corrected chi connectivity index (χ4v) is 4.09. The van der Waals surface area contributed by atoms with Crippen molar-refractivity contribution in [3.05, 3.63) is 11.8 Å². The maximum atomic E-state index is 12.4. The van der Waals surface area contributed by atoms with Gasteiger partial charge in [0.15, 0.2) is 5.82 Å². The molecule has 1 aromatic heterocycles. The van der Waals surface area contributed by atoms with Gasteiger partial charge in [0.05, 0.1) is 11.8 Å². The Bertz CT molecular complexity index is 522. The summed E-state index contributed by atoms with van der Waals surface area (Å²) in [6.07, 6.45) is 3.24. The van der Waals surface area contributed by atoms with Gasteiger partial charge < -0.3 is 4.52 Å². The molecule has 2 aliphatic carbocycles. The van der Waals surface area contributed by atoms with Crippen molar-refractivity contribution < 1.29 is 14.1 Å². The minimum Gasteiger partial charge on any atom is -0.360 e. The monoisotopic (exact) mass is 246 g/mol. The Morgan fingerprint density at radius 3 is 2.33 bits per heavy atom. The molecule has 1 aliphatic heterocycles. The first kappa shape index (κ1) is 10.3. The molecular weight excluding hydrogens is 232 g/mol. The van der Waals surface area contributed by atoms with Crippen molar-refractivity contribution in [3.8, 4) is 0 Å². The topological polar surface area (TPSA) is 63.4 Å². The molecule has 3 fully saturated rings. The van der Waals surface area contributed by atoms with E-state index in [2.05, 4.69) is 5.16 Å². The second-order valence-corrected chi connectivity index (χ2v) is 5.69. The smallest absolute Gasteiger partial charge is 0.239 e. The van der Waals surface area contributed by atoms with E-state index in [-0.39, 0.29) is 23.7 Å². The average Bonchev–Trinajstić information content (AvgIpc) is 3.05. The minimum absolute atomic E-state index is 0.0644. The lowest BCUT2D eigenvalue weighted by molar-refractivity contribution is -0.123.